The smallest absolute Gasteiger partial charge is 0.0591 e. The van der Waals surface area contributed by atoms with E-state index in [1.165, 1.54) is 51.4 Å². The lowest BCUT2D eigenvalue weighted by Gasteiger charge is -2.56. The molecule has 0 aromatic carbocycles. The minimum Gasteiger partial charge on any atom is -0.393 e. The number of aliphatic hydroxyl groups is 2. The van der Waals surface area contributed by atoms with E-state index in [2.05, 4.69) is 13.8 Å². The van der Waals surface area contributed by atoms with Crippen LogP contribution in [0.5, 0.6) is 0 Å². The fourth-order valence-corrected chi connectivity index (χ4v) is 8.59. The fourth-order valence-electron chi connectivity index (χ4n) is 8.59. The normalized spacial score (nSPS) is 48.4. The summed E-state index contributed by atoms with van der Waals surface area (Å²) in [6, 6.07) is 0. The molecule has 0 aromatic heterocycles. The summed E-state index contributed by atoms with van der Waals surface area (Å²) in [7, 11) is 0. The predicted molar refractivity (Wildman–Crippen MR) is 111 cm³/mol. The van der Waals surface area contributed by atoms with Crippen LogP contribution in [0.3, 0.4) is 0 Å². The Morgan fingerprint density at radius 2 is 1.70 bits per heavy atom. The first kappa shape index (κ1) is 20.2. The molecule has 0 bridgehead atoms. The Morgan fingerprint density at radius 1 is 0.963 bits per heavy atom. The third-order valence-electron chi connectivity index (χ3n) is 9.90. The average molecular weight is 377 g/mol. The second-order valence-electron chi connectivity index (χ2n) is 12.0. The number of rotatable bonds is 4. The van der Waals surface area contributed by atoms with Gasteiger partial charge in [0.1, 0.15) is 0 Å². The van der Waals surface area contributed by atoms with Crippen LogP contribution < -0.4 is 0 Å². The highest BCUT2D eigenvalue weighted by atomic mass is 16.3. The highest BCUT2D eigenvalue weighted by molar-refractivity contribution is 5.06. The first-order valence-electron chi connectivity index (χ1n) is 12.1. The lowest BCUT2D eigenvalue weighted by atomic mass is 9.49. The number of hydrogen-bond donors (Lipinski definition) is 2. The Hall–Kier alpha value is -0.0800. The molecule has 27 heavy (non-hydrogen) atoms. The molecule has 0 heterocycles. The minimum absolute atomic E-state index is 0.0101. The Bertz CT molecular complexity index is 523. The van der Waals surface area contributed by atoms with Crippen molar-refractivity contribution in [3.63, 3.8) is 0 Å². The SMILES string of the molecule is C[C@H](CCC(C)(C)O)[C@H]1CCC2C3CC[C@@H]4C[C@H](O)CC[C@@H]4C3CC[C@@]21C. The van der Waals surface area contributed by atoms with Crippen LogP contribution in [-0.4, -0.2) is 21.9 Å². The summed E-state index contributed by atoms with van der Waals surface area (Å²) in [6.45, 7) is 9.03. The van der Waals surface area contributed by atoms with E-state index in [9.17, 15) is 10.2 Å². The highest BCUT2D eigenvalue weighted by Crippen LogP contribution is 2.65. The average Bonchev–Trinajstić information content (AvgIpc) is 2.96. The van der Waals surface area contributed by atoms with Crippen LogP contribution in [-0.2, 0) is 0 Å². The molecule has 0 spiro atoms. The Morgan fingerprint density at radius 3 is 2.44 bits per heavy atom. The number of aliphatic hydroxyl groups excluding tert-OH is 1. The van der Waals surface area contributed by atoms with Crippen LogP contribution in [0.15, 0.2) is 0 Å². The van der Waals surface area contributed by atoms with Crippen molar-refractivity contribution in [2.45, 2.75) is 110 Å². The fraction of sp³-hybridized carbons (Fsp3) is 1.00. The van der Waals surface area contributed by atoms with E-state index in [-0.39, 0.29) is 6.10 Å². The molecule has 4 aliphatic carbocycles. The molecule has 4 fully saturated rings. The molecule has 0 amide bonds. The Balaban J connectivity index is 1.45. The molecular weight excluding hydrogens is 332 g/mol. The van der Waals surface area contributed by atoms with Gasteiger partial charge in [-0.25, -0.2) is 0 Å². The molecule has 4 saturated carbocycles. The van der Waals surface area contributed by atoms with Crippen LogP contribution in [0.1, 0.15) is 98.3 Å². The molecule has 2 heteroatoms. The summed E-state index contributed by atoms with van der Waals surface area (Å²) in [5.41, 5.74) is 0.0238. The van der Waals surface area contributed by atoms with E-state index in [4.69, 9.17) is 0 Å². The summed E-state index contributed by atoms with van der Waals surface area (Å²) < 4.78 is 0. The van der Waals surface area contributed by atoms with Crippen molar-refractivity contribution in [1.29, 1.82) is 0 Å². The van der Waals surface area contributed by atoms with Gasteiger partial charge in [0.05, 0.1) is 11.7 Å². The van der Waals surface area contributed by atoms with Gasteiger partial charge in [0.15, 0.2) is 0 Å². The predicted octanol–water partition coefficient (Wildman–Crippen LogP) is 5.80. The van der Waals surface area contributed by atoms with E-state index in [1.807, 2.05) is 13.8 Å². The van der Waals surface area contributed by atoms with Gasteiger partial charge >= 0.3 is 0 Å². The number of fused-ring (bicyclic) bond motifs is 5. The first-order chi connectivity index (χ1) is 12.7. The van der Waals surface area contributed by atoms with Crippen LogP contribution in [0, 0.1) is 46.8 Å². The first-order valence-corrected chi connectivity index (χ1v) is 12.1. The number of hydrogen-bond acceptors (Lipinski definition) is 2. The van der Waals surface area contributed by atoms with Crippen molar-refractivity contribution in [1.82, 2.24) is 0 Å². The van der Waals surface area contributed by atoms with Gasteiger partial charge in [0.2, 0.25) is 0 Å². The summed E-state index contributed by atoms with van der Waals surface area (Å²) >= 11 is 0. The zero-order chi connectivity index (χ0) is 19.4. The van der Waals surface area contributed by atoms with Gasteiger partial charge in [-0.2, -0.15) is 0 Å². The lowest BCUT2D eigenvalue weighted by molar-refractivity contribution is -0.0828. The molecule has 2 N–H and O–H groups in total. The van der Waals surface area contributed by atoms with Gasteiger partial charge in [-0.1, -0.05) is 13.8 Å². The second kappa shape index (κ2) is 7.31. The zero-order valence-electron chi connectivity index (χ0n) is 18.3. The Labute approximate surface area is 167 Å². The van der Waals surface area contributed by atoms with E-state index >= 15 is 0 Å². The third-order valence-corrected chi connectivity index (χ3v) is 9.90. The van der Waals surface area contributed by atoms with Gasteiger partial charge in [-0.3, -0.25) is 0 Å². The maximum absolute atomic E-state index is 10.2. The molecular formula is C25H44O2. The van der Waals surface area contributed by atoms with E-state index in [0.717, 1.165) is 60.7 Å². The van der Waals surface area contributed by atoms with Gasteiger partial charge in [0.25, 0.3) is 0 Å². The van der Waals surface area contributed by atoms with Crippen LogP contribution in [0.2, 0.25) is 0 Å². The third kappa shape index (κ3) is 3.75. The highest BCUT2D eigenvalue weighted by Gasteiger charge is 2.57. The molecule has 3 unspecified atom stereocenters. The lowest BCUT2D eigenvalue weighted by Crippen LogP contribution is -2.49. The van der Waals surface area contributed by atoms with Crippen molar-refractivity contribution in [2.24, 2.45) is 46.8 Å². The maximum atomic E-state index is 10.2. The van der Waals surface area contributed by atoms with E-state index < -0.39 is 5.60 Å². The van der Waals surface area contributed by atoms with Crippen molar-refractivity contribution < 1.29 is 10.2 Å². The molecule has 0 aromatic rings. The topological polar surface area (TPSA) is 40.5 Å². The zero-order valence-corrected chi connectivity index (χ0v) is 18.3. The molecule has 9 atom stereocenters. The molecule has 0 saturated heterocycles. The van der Waals surface area contributed by atoms with Gasteiger partial charge < -0.3 is 10.2 Å². The van der Waals surface area contributed by atoms with Crippen molar-refractivity contribution in [3.05, 3.63) is 0 Å². The van der Waals surface area contributed by atoms with Gasteiger partial charge in [-0.15, -0.1) is 0 Å². The summed E-state index contributed by atoms with van der Waals surface area (Å²) in [5.74, 6) is 6.21. The molecule has 0 radical (unpaired) electrons. The van der Waals surface area contributed by atoms with Crippen molar-refractivity contribution in [3.8, 4) is 0 Å². The summed E-state index contributed by atoms with van der Waals surface area (Å²) in [5, 5.41) is 20.3. The summed E-state index contributed by atoms with van der Waals surface area (Å²) in [6.07, 6.45) is 14.1. The maximum Gasteiger partial charge on any atom is 0.0591 e. The molecule has 156 valence electrons. The van der Waals surface area contributed by atoms with Crippen LogP contribution in [0.25, 0.3) is 0 Å². The molecule has 4 rings (SSSR count). The van der Waals surface area contributed by atoms with Crippen molar-refractivity contribution >= 4 is 0 Å². The largest absolute Gasteiger partial charge is 0.393 e. The Kier molecular flexibility index (Phi) is 5.47. The quantitative estimate of drug-likeness (QED) is 0.650. The summed E-state index contributed by atoms with van der Waals surface area (Å²) in [4.78, 5) is 0. The standard InChI is InChI=1S/C25H44O2/c1-16(11-13-24(2,3)27)22-9-10-23-21-7-5-17-15-18(26)6-8-19(17)20(21)12-14-25(22,23)4/h16-23,26-27H,5-15H2,1-4H3/t16-,17-,18-,19+,20?,21?,22-,23?,25-/m1/s1. The van der Waals surface area contributed by atoms with Gasteiger partial charge in [-0.05, 0) is 131 Å². The second-order valence-corrected chi connectivity index (χ2v) is 12.0. The molecule has 0 aliphatic heterocycles. The molecule has 2 nitrogen and oxygen atoms in total. The van der Waals surface area contributed by atoms with E-state index in [0.29, 0.717) is 5.41 Å². The van der Waals surface area contributed by atoms with Crippen molar-refractivity contribution in [2.75, 3.05) is 0 Å². The molecule has 4 aliphatic rings. The van der Waals surface area contributed by atoms with E-state index in [1.54, 1.807) is 0 Å². The monoisotopic (exact) mass is 376 g/mol. The van der Waals surface area contributed by atoms with Gasteiger partial charge in [0, 0.05) is 0 Å². The van der Waals surface area contributed by atoms with Crippen LogP contribution in [0.4, 0.5) is 0 Å². The minimum atomic E-state index is -0.519. The van der Waals surface area contributed by atoms with Crippen LogP contribution >= 0.6 is 0 Å².